The van der Waals surface area contributed by atoms with Crippen LogP contribution in [0, 0.1) is 0 Å². The summed E-state index contributed by atoms with van der Waals surface area (Å²) in [6, 6.07) is 33.6. The summed E-state index contributed by atoms with van der Waals surface area (Å²) in [5.74, 6) is 2.43. The molecule has 7 atom stereocenters. The van der Waals surface area contributed by atoms with E-state index in [2.05, 4.69) is 0 Å². The molecule has 106 heavy (non-hydrogen) atoms. The minimum atomic E-state index is -3.56. The average Bonchev–Trinajstić information content (AvgIpc) is 0.804. The second-order valence-corrected chi connectivity index (χ2v) is 34.2. The number of ketones is 2. The summed E-state index contributed by atoms with van der Waals surface area (Å²) < 4.78 is 163. The maximum atomic E-state index is 12.4. The van der Waals surface area contributed by atoms with Gasteiger partial charge >= 0.3 is 46.9 Å². The van der Waals surface area contributed by atoms with Gasteiger partial charge in [0.15, 0.2) is 0 Å². The average molecular weight is 1610 g/mol. The minimum absolute atomic E-state index is 0.0386. The molecule has 26 nitrogen and oxygen atoms in total. The summed E-state index contributed by atoms with van der Waals surface area (Å²) in [4.78, 5) is 22.2. The zero-order valence-electron chi connectivity index (χ0n) is 66.5. The Morgan fingerprint density at radius 3 is 1.07 bits per heavy atom. The lowest BCUT2D eigenvalue weighted by Gasteiger charge is -2.34. The molecule has 0 saturated carbocycles. The van der Waals surface area contributed by atoms with Crippen molar-refractivity contribution >= 4 is 64.1 Å². The molecule has 0 N–H and O–H groups in total. The van der Waals surface area contributed by atoms with E-state index in [0.717, 1.165) is 51.1 Å². The lowest BCUT2D eigenvalue weighted by molar-refractivity contribution is -0.117. The third kappa shape index (κ3) is 33.9. The quantitative estimate of drug-likeness (QED) is 0.0736. The first kappa shape index (κ1) is 97.4. The molecule has 600 valence electrons. The van der Waals surface area contributed by atoms with Crippen LogP contribution in [0.15, 0.2) is 109 Å². The number of para-hydroxylation sites is 5. The second-order valence-electron chi connectivity index (χ2n) is 24.5. The molecule has 6 aliphatic rings. The van der Waals surface area contributed by atoms with Crippen molar-refractivity contribution in [1.82, 2.24) is 0 Å². The van der Waals surface area contributed by atoms with E-state index >= 15 is 0 Å². The van der Waals surface area contributed by atoms with Crippen molar-refractivity contribution in [3.05, 3.63) is 148 Å². The van der Waals surface area contributed by atoms with Crippen LogP contribution in [0.3, 0.4) is 0 Å². The van der Waals surface area contributed by atoms with Crippen molar-refractivity contribution in [3.63, 3.8) is 0 Å². The van der Waals surface area contributed by atoms with Gasteiger partial charge in [0.25, 0.3) is 0 Å². The number of rotatable bonds is 18. The van der Waals surface area contributed by atoms with Crippen LogP contribution in [0.1, 0.15) is 217 Å². The monoisotopic (exact) mass is 1610 g/mol. The molecule has 7 unspecified atom stereocenters. The number of phosphoric ester groups is 5. The molecule has 5 aromatic rings. The molecule has 0 bridgehead atoms. The lowest BCUT2D eigenvalue weighted by Crippen LogP contribution is -2.24. The summed E-state index contributed by atoms with van der Waals surface area (Å²) in [7, 11) is -18.6. The van der Waals surface area contributed by atoms with Gasteiger partial charge in [-0.1, -0.05) is 146 Å². The van der Waals surface area contributed by atoms with Crippen LogP contribution in [0.2, 0.25) is 0 Å². The normalized spacial score (nSPS) is 23.2. The fourth-order valence-electron chi connectivity index (χ4n) is 9.22. The van der Waals surface area contributed by atoms with Crippen LogP contribution in [0.25, 0.3) is 0 Å². The Kier molecular flexibility index (Phi) is 44.2. The van der Waals surface area contributed by atoms with E-state index in [1.54, 1.807) is 107 Å². The topological polar surface area (TPSA) is 297 Å². The Morgan fingerprint density at radius 2 is 0.708 bits per heavy atom. The number of nitrogens with zero attached hydrogens (tertiary/aromatic N) is 1. The molecule has 11 rings (SSSR count). The summed E-state index contributed by atoms with van der Waals surface area (Å²) in [5.41, 5.74) is 7.08. The van der Waals surface area contributed by atoms with Crippen LogP contribution in [-0.2, 0) is 142 Å². The van der Waals surface area contributed by atoms with Gasteiger partial charge in [-0.25, -0.2) is 27.4 Å². The molecule has 1 saturated heterocycles. The number of fused-ring (bicyclic) bond motifs is 5. The van der Waals surface area contributed by atoms with Crippen LogP contribution in [0.4, 0.5) is 5.69 Å². The lowest BCUT2D eigenvalue weighted by atomic mass is 10.0. The number of phosphoric acid groups is 5. The maximum absolute atomic E-state index is 12.4. The molecular weight excluding hydrogens is 1490 g/mol. The van der Waals surface area contributed by atoms with E-state index in [9.17, 15) is 37.0 Å². The first-order chi connectivity index (χ1) is 50.0. The Balaban J connectivity index is 0.000000426. The van der Waals surface area contributed by atoms with Gasteiger partial charge in [0.1, 0.15) is 34.6 Å². The Morgan fingerprint density at radius 1 is 0.396 bits per heavy atom. The SMILES string of the molecule is CC.CC.CC.CC.CC(=O)CCc1cccc2c1OP(=O)(OC(C)C)OC2.CC(=O)CCc1cccc2c1OP(=O)(OC(C)C)OC2.CC(C)OP1(=O)OCCC(C)O1.CC(C)OP1(=O)OCc2ccccc2N1C.CC(C)OP1(=O)OCc2ccccc2O1.CC(C)OP1(=O)OCc2ccccc2O1. The molecule has 0 aliphatic carbocycles. The zero-order valence-corrected chi connectivity index (χ0v) is 71.9. The van der Waals surface area contributed by atoms with E-state index in [1.807, 2.05) is 173 Å². The highest BCUT2D eigenvalue weighted by Crippen LogP contribution is 2.61. The van der Waals surface area contributed by atoms with E-state index in [4.69, 9.17) is 76.9 Å². The molecule has 0 amide bonds. The third-order valence-corrected chi connectivity index (χ3v) is 23.4. The number of aryl methyl sites for hydroxylation is 2. The molecule has 6 heterocycles. The summed E-state index contributed by atoms with van der Waals surface area (Å²) in [6.45, 7) is 44.1. The van der Waals surface area contributed by atoms with Crippen LogP contribution >= 0.6 is 46.9 Å². The summed E-state index contributed by atoms with van der Waals surface area (Å²) in [6.07, 6.45) is 1.53. The molecule has 32 heteroatoms. The third-order valence-electron chi connectivity index (χ3n) is 13.4. The molecular formula is C74H119NO25P6. The first-order valence-corrected chi connectivity index (χ1v) is 45.0. The van der Waals surface area contributed by atoms with Crippen molar-refractivity contribution in [2.45, 2.75) is 267 Å². The Labute approximate surface area is 631 Å². The van der Waals surface area contributed by atoms with Gasteiger partial charge in [-0.05, 0) is 152 Å². The standard InChI is InChI=1S/2C14H19O5P.C11H16NO3P.2C10H13O4P.C7H15O4P.4C2H6/c2*1-10(2)18-20(16)17-9-13-6-4-5-12(14(13)19-20)8-7-11(3)15;1-9(2)15-16(13)12(3)11-7-5-4-6-10(11)8-14-16;2*1-8(2)13-15(11)12-7-9-5-3-4-6-10(9)14-15;1-6(2)10-12(8)9-5-4-7(3)11-12;4*1-2/h2*4-6,10H,7-9H2,1-3H3;4-7,9H,8H2,1-3H3;2*3-6,8H,7H2,1-2H3;6-7H,4-5H2,1-3H3;4*1-2H3. The van der Waals surface area contributed by atoms with Gasteiger partial charge in [-0.3, -0.25) is 63.5 Å². The van der Waals surface area contributed by atoms with Gasteiger partial charge in [0.05, 0.1) is 88.1 Å². The predicted molar refractivity (Wildman–Crippen MR) is 415 cm³/mol. The molecule has 6 aliphatic heterocycles. The van der Waals surface area contributed by atoms with Gasteiger partial charge in [-0.2, -0.15) is 0 Å². The van der Waals surface area contributed by atoms with Gasteiger partial charge < -0.3 is 27.7 Å². The minimum Gasteiger partial charge on any atom is -0.404 e. The molecule has 1 fully saturated rings. The van der Waals surface area contributed by atoms with Crippen LogP contribution in [-0.4, -0.2) is 67.9 Å². The van der Waals surface area contributed by atoms with Crippen molar-refractivity contribution < 1.29 is 114 Å². The second kappa shape index (κ2) is 48.2. The number of hydrogen-bond donors (Lipinski definition) is 0. The zero-order chi connectivity index (χ0) is 80.2. The van der Waals surface area contributed by atoms with Crippen molar-refractivity contribution in [2.75, 3.05) is 18.3 Å². The van der Waals surface area contributed by atoms with Crippen LogP contribution in [0.5, 0.6) is 23.0 Å². The van der Waals surface area contributed by atoms with E-state index in [1.165, 1.54) is 0 Å². The highest BCUT2D eigenvalue weighted by Gasteiger charge is 2.41. The number of carbonyl (C=O) groups is 2. The van der Waals surface area contributed by atoms with E-state index in [0.29, 0.717) is 61.9 Å². The smallest absolute Gasteiger partial charge is 0.404 e. The maximum Gasteiger partial charge on any atom is 0.530 e. The van der Waals surface area contributed by atoms with Crippen molar-refractivity contribution in [3.8, 4) is 23.0 Å². The Bertz CT molecular complexity index is 3570. The molecule has 0 spiro atoms. The molecule has 0 aromatic heterocycles. The first-order valence-electron chi connectivity index (χ1n) is 36.2. The Hall–Kier alpha value is -4.70. The van der Waals surface area contributed by atoms with Gasteiger partial charge in [-0.15, -0.1) is 0 Å². The molecule has 0 radical (unpaired) electrons. The summed E-state index contributed by atoms with van der Waals surface area (Å²) in [5, 5.41) is 0. The molecule has 5 aromatic carbocycles. The van der Waals surface area contributed by atoms with Crippen molar-refractivity contribution in [2.24, 2.45) is 0 Å². The fourth-order valence-corrected chi connectivity index (χ4v) is 18.1. The number of anilines is 1. The summed E-state index contributed by atoms with van der Waals surface area (Å²) >= 11 is 0. The van der Waals surface area contributed by atoms with Crippen molar-refractivity contribution in [1.29, 1.82) is 0 Å². The fraction of sp³-hybridized carbons (Fsp3) is 0.568. The highest BCUT2D eigenvalue weighted by atomic mass is 31.2. The number of Topliss-reactive ketones (excluding diaryl/α,β-unsaturated/α-hetero) is 2. The number of hydrogen-bond acceptors (Lipinski definition) is 25. The largest absolute Gasteiger partial charge is 0.530 e. The van der Waals surface area contributed by atoms with E-state index < -0.39 is 46.9 Å². The van der Waals surface area contributed by atoms with Gasteiger partial charge in [0.2, 0.25) is 0 Å². The highest BCUT2D eigenvalue weighted by molar-refractivity contribution is 7.55. The number of carbonyl (C=O) groups excluding carboxylic acids is 2. The van der Waals surface area contributed by atoms with E-state index in [-0.39, 0.29) is 80.7 Å². The van der Waals surface area contributed by atoms with Crippen LogP contribution < -0.4 is 22.8 Å². The predicted octanol–water partition coefficient (Wildman–Crippen LogP) is 23.2. The van der Waals surface area contributed by atoms with Gasteiger partial charge in [0, 0.05) is 47.7 Å². The number of benzene rings is 5.